The van der Waals surface area contributed by atoms with E-state index in [2.05, 4.69) is 55.6 Å². The van der Waals surface area contributed by atoms with Crippen LogP contribution in [0.5, 0.6) is 5.75 Å². The molecule has 2 atom stereocenters. The highest BCUT2D eigenvalue weighted by atomic mass is 16.6. The molecule has 4 aliphatic rings. The van der Waals surface area contributed by atoms with Gasteiger partial charge >= 0.3 is 6.03 Å². The first-order chi connectivity index (χ1) is 46.6. The largest absolute Gasteiger partial charge is 0.495 e. The number of H-pyrrole nitrogens is 1. The molecule has 514 valence electrons. The molecule has 3 saturated heterocycles. The van der Waals surface area contributed by atoms with Gasteiger partial charge in [0.2, 0.25) is 29.6 Å². The second-order valence-corrected chi connectivity index (χ2v) is 24.7. The average molecular weight is 1320 g/mol. The van der Waals surface area contributed by atoms with E-state index < -0.39 is 54.4 Å². The first-order valence-electron chi connectivity index (χ1n) is 33.2. The first-order valence-corrected chi connectivity index (χ1v) is 33.2. The van der Waals surface area contributed by atoms with Crippen molar-refractivity contribution in [2.24, 2.45) is 12.8 Å². The number of carbonyl (C=O) groups excluding carboxylic acids is 5. The molecule has 10 rings (SSSR count). The van der Waals surface area contributed by atoms with Crippen molar-refractivity contribution in [3.63, 3.8) is 0 Å². The minimum absolute atomic E-state index is 0.0128. The van der Waals surface area contributed by atoms with E-state index in [0.717, 1.165) is 103 Å². The minimum Gasteiger partial charge on any atom is -0.495 e. The monoisotopic (exact) mass is 1320 g/mol. The lowest BCUT2D eigenvalue weighted by atomic mass is 9.87. The second kappa shape index (κ2) is 33.5. The number of benzene rings is 3. The molecule has 4 fully saturated rings. The number of ether oxygens (including phenoxy) is 7. The van der Waals surface area contributed by atoms with Crippen LogP contribution in [0.3, 0.4) is 0 Å². The average Bonchev–Trinajstić information content (AvgIpc) is 0.940. The molecular weight excluding hydrogens is 1230 g/mol. The van der Waals surface area contributed by atoms with Crippen molar-refractivity contribution in [3.05, 3.63) is 112 Å². The Hall–Kier alpha value is -8.36. The zero-order chi connectivity index (χ0) is 67.6. The predicted molar refractivity (Wildman–Crippen MR) is 360 cm³/mol. The van der Waals surface area contributed by atoms with Gasteiger partial charge < -0.3 is 79.3 Å². The Morgan fingerprint density at radius 3 is 2.20 bits per heavy atom. The van der Waals surface area contributed by atoms with E-state index in [1.807, 2.05) is 61.7 Å². The third-order valence-electron chi connectivity index (χ3n) is 18.0. The number of anilines is 2. The molecule has 6 aromatic rings. The van der Waals surface area contributed by atoms with Crippen LogP contribution in [0.25, 0.3) is 32.9 Å². The van der Waals surface area contributed by atoms with Crippen molar-refractivity contribution in [1.29, 1.82) is 0 Å². The van der Waals surface area contributed by atoms with E-state index in [1.54, 1.807) is 36.0 Å². The quantitative estimate of drug-likeness (QED) is 0.0240. The van der Waals surface area contributed by atoms with Crippen LogP contribution in [0.1, 0.15) is 88.5 Å². The molecule has 1 aliphatic carbocycles. The van der Waals surface area contributed by atoms with Gasteiger partial charge in [-0.05, 0) is 99.9 Å². The molecule has 1 saturated carbocycles. The van der Waals surface area contributed by atoms with Crippen molar-refractivity contribution in [2.45, 2.75) is 101 Å². The molecular formula is C70H90N12O14. The standard InChI is InChI=1S/C70H90N12O14/c1-5-91-34-35-93-38-39-95-41-40-94-37-36-92-33-23-61(85)75-57(44-60(71)84)65(87)73-47-82-62(86)22-30-81(68(82)89)58-42-48(13-18-59(58)90-4)10-9-26-74-69(2)24-31-79(32-25-69)51-20-28-80(29-21-51)67-76-56-17-14-49(55-45-78(3)66(88)63-53(55)19-27-72-63)43-54(56)64(77-67)70(46-83,96-52-15-16-52)50-11-7-6-8-12-50/h6-8,11-14,17-19,27,42-43,45,51-52,57,72,74,83H,5,15-16,20-26,28-41,44,46-47H2,1-4H3,(H2,71,84)(H,73,87)(H,75,85)/t57-,70?/m0/s1. The number of aliphatic hydroxyl groups is 1. The number of hydrogen-bond donors (Lipinski definition) is 6. The van der Waals surface area contributed by atoms with Gasteiger partial charge in [-0.25, -0.2) is 19.7 Å². The molecule has 0 radical (unpaired) electrons. The van der Waals surface area contributed by atoms with Crippen LogP contribution < -0.4 is 41.8 Å². The summed E-state index contributed by atoms with van der Waals surface area (Å²) in [5.41, 5.74) is 9.35. The number of fused-ring (bicyclic) bond motifs is 2. The van der Waals surface area contributed by atoms with Gasteiger partial charge in [0.05, 0.1) is 109 Å². The van der Waals surface area contributed by atoms with Gasteiger partial charge in [0, 0.05) is 105 Å². The molecule has 26 nitrogen and oxygen atoms in total. The number of imide groups is 1. The molecule has 7 N–H and O–H groups in total. The zero-order valence-corrected chi connectivity index (χ0v) is 55.4. The van der Waals surface area contributed by atoms with E-state index >= 15 is 0 Å². The normalized spacial score (nSPS) is 17.1. The number of nitrogens with zero attached hydrogens (tertiary/aromatic N) is 7. The molecule has 26 heteroatoms. The van der Waals surface area contributed by atoms with Crippen LogP contribution in [-0.4, -0.2) is 214 Å². The Labute approximate surface area is 558 Å². The Morgan fingerprint density at radius 1 is 0.833 bits per heavy atom. The summed E-state index contributed by atoms with van der Waals surface area (Å²) in [4.78, 5) is 99.5. The van der Waals surface area contributed by atoms with Crippen molar-refractivity contribution >= 4 is 63.1 Å². The lowest BCUT2D eigenvalue weighted by molar-refractivity contribution is -0.134. The first kappa shape index (κ1) is 70.4. The van der Waals surface area contributed by atoms with E-state index in [4.69, 9.17) is 48.9 Å². The van der Waals surface area contributed by atoms with Crippen LogP contribution in [0, 0.1) is 11.8 Å². The fourth-order valence-corrected chi connectivity index (χ4v) is 12.5. The number of hydrogen-bond acceptors (Lipinski definition) is 19. The number of carbonyl (C=O) groups is 5. The lowest BCUT2D eigenvalue weighted by Crippen LogP contribution is -2.57. The van der Waals surface area contributed by atoms with Crippen molar-refractivity contribution in [1.82, 2.24) is 45.3 Å². The van der Waals surface area contributed by atoms with E-state index in [9.17, 15) is 33.9 Å². The number of primary amides is 1. The fourth-order valence-electron chi connectivity index (χ4n) is 12.5. The minimum atomic E-state index is -1.38. The summed E-state index contributed by atoms with van der Waals surface area (Å²) in [5, 5.41) is 21.9. The number of aromatic amines is 1. The molecule has 1 unspecified atom stereocenters. The number of nitrogens with one attached hydrogen (secondary N) is 4. The summed E-state index contributed by atoms with van der Waals surface area (Å²) in [6, 6.07) is 21.4. The zero-order valence-electron chi connectivity index (χ0n) is 55.4. The van der Waals surface area contributed by atoms with Gasteiger partial charge in [-0.3, -0.25) is 28.9 Å². The summed E-state index contributed by atoms with van der Waals surface area (Å²) in [7, 11) is 3.23. The molecule has 0 spiro atoms. The topological polar surface area (TPSA) is 309 Å². The molecule has 6 heterocycles. The highest BCUT2D eigenvalue weighted by Gasteiger charge is 2.44. The van der Waals surface area contributed by atoms with E-state index in [0.29, 0.717) is 93.0 Å². The summed E-state index contributed by atoms with van der Waals surface area (Å²) in [5.74, 6) is 4.69. The Morgan fingerprint density at radius 2 is 1.53 bits per heavy atom. The number of piperidine rings is 2. The number of aliphatic hydroxyl groups excluding tert-OH is 1. The maximum Gasteiger partial charge on any atom is 0.332 e. The number of likely N-dealkylation sites (tertiary alicyclic amines) is 1. The van der Waals surface area contributed by atoms with Crippen LogP contribution in [0.15, 0.2) is 90.0 Å². The van der Waals surface area contributed by atoms with E-state index in [-0.39, 0.29) is 63.0 Å². The number of urea groups is 1. The highest BCUT2D eigenvalue weighted by molar-refractivity contribution is 6.07. The molecule has 96 heavy (non-hydrogen) atoms. The van der Waals surface area contributed by atoms with Gasteiger partial charge in [-0.2, -0.15) is 0 Å². The maximum atomic E-state index is 14.0. The predicted octanol–water partition coefficient (Wildman–Crippen LogP) is 4.45. The third-order valence-corrected chi connectivity index (χ3v) is 18.0. The Kier molecular flexibility index (Phi) is 24.6. The van der Waals surface area contributed by atoms with E-state index in [1.165, 1.54) is 12.0 Å². The third kappa shape index (κ3) is 17.8. The highest BCUT2D eigenvalue weighted by Crippen LogP contribution is 2.44. The van der Waals surface area contributed by atoms with Crippen LogP contribution >= 0.6 is 0 Å². The number of methoxy groups -OCH3 is 1. The van der Waals surface area contributed by atoms with Gasteiger partial charge in [-0.15, -0.1) is 0 Å². The number of aromatic nitrogens is 4. The van der Waals surface area contributed by atoms with Crippen molar-refractivity contribution in [2.75, 3.05) is 136 Å². The SMILES string of the molecule is CCOCCOCCOCCOCCOCCC(=O)N[C@@H](CC(N)=O)C(=O)NCN1C(=O)CCN(c2cc(C#CCNC3(C)CCN(C4CCN(c5nc(C(CO)(OC6CC6)c6ccccc6)c6cc(-c7cn(C)c(=O)c8[nH]ccc78)ccc6n5)CC4)CC3)ccc2OC)C1=O. The summed E-state index contributed by atoms with van der Waals surface area (Å²) in [6.07, 6.45) is 8.38. The molecule has 6 amide bonds. The fraction of sp³-hybridized carbons (Fsp3) is 0.514. The molecule has 3 aromatic carbocycles. The summed E-state index contributed by atoms with van der Waals surface area (Å²) >= 11 is 0. The number of amides is 6. The number of nitrogens with two attached hydrogens (primary N) is 1. The smallest absolute Gasteiger partial charge is 0.332 e. The molecule has 0 bridgehead atoms. The lowest BCUT2D eigenvalue weighted by Gasteiger charge is -2.45. The number of aryl methyl sites for hydroxylation is 1. The second-order valence-electron chi connectivity index (χ2n) is 24.7. The van der Waals surface area contributed by atoms with Gasteiger partial charge in [-0.1, -0.05) is 48.2 Å². The van der Waals surface area contributed by atoms with Crippen LogP contribution in [0.2, 0.25) is 0 Å². The maximum absolute atomic E-state index is 14.0. The summed E-state index contributed by atoms with van der Waals surface area (Å²) in [6.45, 7) is 10.9. The Balaban J connectivity index is 0.700. The van der Waals surface area contributed by atoms with Gasteiger partial charge in [0.25, 0.3) is 5.56 Å². The van der Waals surface area contributed by atoms with Crippen molar-refractivity contribution < 1.29 is 62.2 Å². The van der Waals surface area contributed by atoms with Gasteiger partial charge in [0.1, 0.15) is 24.0 Å². The van der Waals surface area contributed by atoms with Gasteiger partial charge in [0.15, 0.2) is 5.60 Å². The Bertz CT molecular complexity index is 3780. The van der Waals surface area contributed by atoms with Crippen molar-refractivity contribution in [3.8, 4) is 28.7 Å². The number of pyridine rings is 1. The molecule has 3 aliphatic heterocycles. The summed E-state index contributed by atoms with van der Waals surface area (Å²) < 4.78 is 41.2. The molecule has 3 aromatic heterocycles. The van der Waals surface area contributed by atoms with Crippen LogP contribution in [0.4, 0.5) is 16.4 Å². The van der Waals surface area contributed by atoms with Crippen LogP contribution in [-0.2, 0) is 60.2 Å². The number of rotatable bonds is 34.